The third-order valence-corrected chi connectivity index (χ3v) is 0.506. The molecule has 3 heteroatoms. The fourth-order valence-corrected chi connectivity index (χ4v) is 0.270. The molecule has 0 aliphatic carbocycles. The number of aromatic hydroxyl groups is 1. The molecule has 0 spiro atoms. The molecule has 35 valence electrons. The zero-order valence-electron chi connectivity index (χ0n) is 3.66. The highest BCUT2D eigenvalue weighted by Crippen LogP contribution is 2.04. The van der Waals surface area contributed by atoms with E-state index < -0.39 is 0 Å². The maximum atomic E-state index is 8.31. The Morgan fingerprint density at radius 2 is 2.29 bits per heavy atom. The predicted molar refractivity (Wildman–Crippen MR) is 26.1 cm³/mol. The molecule has 7 heavy (non-hydrogen) atoms. The Morgan fingerprint density at radius 3 is 2.43 bits per heavy atom. The molecule has 0 atom stereocenters. The molecular formula is C4H4BO2. The molecule has 0 bridgehead atoms. The van der Waals surface area contributed by atoms with Crippen molar-refractivity contribution in [1.29, 1.82) is 0 Å². The van der Waals surface area contributed by atoms with E-state index in [1.807, 2.05) is 0 Å². The van der Waals surface area contributed by atoms with Crippen LogP contribution in [-0.4, -0.2) is 13.5 Å². The van der Waals surface area contributed by atoms with Crippen LogP contribution in [0.5, 0.6) is 5.95 Å². The summed E-state index contributed by atoms with van der Waals surface area (Å²) in [6.07, 6.45) is 1.41. The summed E-state index contributed by atoms with van der Waals surface area (Å²) in [4.78, 5) is 0. The van der Waals surface area contributed by atoms with Gasteiger partial charge in [-0.1, -0.05) is 0 Å². The quantitative estimate of drug-likeness (QED) is 0.478. The Hall–Kier alpha value is -0.855. The van der Waals surface area contributed by atoms with E-state index in [0.717, 1.165) is 0 Å². The minimum absolute atomic E-state index is 0. The summed E-state index contributed by atoms with van der Waals surface area (Å²) in [5.41, 5.74) is 0. The molecule has 0 aromatic carbocycles. The van der Waals surface area contributed by atoms with Gasteiger partial charge in [-0.15, -0.1) is 0 Å². The summed E-state index contributed by atoms with van der Waals surface area (Å²) < 4.78 is 4.39. The maximum Gasteiger partial charge on any atom is 0.281 e. The highest BCUT2D eigenvalue weighted by molar-refractivity contribution is 5.75. The van der Waals surface area contributed by atoms with E-state index in [1.54, 1.807) is 6.07 Å². The largest absolute Gasteiger partial charge is 0.481 e. The van der Waals surface area contributed by atoms with Crippen molar-refractivity contribution in [2.24, 2.45) is 0 Å². The van der Waals surface area contributed by atoms with Gasteiger partial charge in [0.05, 0.1) is 6.26 Å². The fourth-order valence-electron chi connectivity index (χ4n) is 0.270. The van der Waals surface area contributed by atoms with E-state index in [2.05, 4.69) is 4.42 Å². The van der Waals surface area contributed by atoms with E-state index in [1.165, 1.54) is 12.3 Å². The second-order valence-corrected chi connectivity index (χ2v) is 0.951. The SMILES string of the molecule is Oc1ccco1.[B]. The molecule has 0 saturated heterocycles. The van der Waals surface area contributed by atoms with Crippen molar-refractivity contribution in [3.05, 3.63) is 18.4 Å². The smallest absolute Gasteiger partial charge is 0.281 e. The summed E-state index contributed by atoms with van der Waals surface area (Å²) in [6, 6.07) is 3.09. The highest BCUT2D eigenvalue weighted by atomic mass is 16.5. The van der Waals surface area contributed by atoms with Gasteiger partial charge in [0.2, 0.25) is 0 Å². The molecule has 0 saturated carbocycles. The Balaban J connectivity index is 0.000000360. The monoisotopic (exact) mass is 95.0 g/mol. The first-order valence-electron chi connectivity index (χ1n) is 1.62. The summed E-state index contributed by atoms with van der Waals surface area (Å²) in [7, 11) is 0. The lowest BCUT2D eigenvalue weighted by atomic mass is 10.7. The number of furan rings is 1. The van der Waals surface area contributed by atoms with E-state index in [0.29, 0.717) is 0 Å². The summed E-state index contributed by atoms with van der Waals surface area (Å²) in [5, 5.41) is 8.31. The van der Waals surface area contributed by atoms with Crippen LogP contribution in [0.25, 0.3) is 0 Å². The molecule has 1 rings (SSSR count). The van der Waals surface area contributed by atoms with Gasteiger partial charge >= 0.3 is 0 Å². The van der Waals surface area contributed by atoms with Crippen molar-refractivity contribution in [3.8, 4) is 5.95 Å². The van der Waals surface area contributed by atoms with Crippen LogP contribution in [0.15, 0.2) is 22.8 Å². The minimum atomic E-state index is -0.0324. The molecule has 1 aromatic rings. The van der Waals surface area contributed by atoms with E-state index in [-0.39, 0.29) is 14.4 Å². The van der Waals surface area contributed by atoms with Crippen molar-refractivity contribution in [2.75, 3.05) is 0 Å². The molecule has 3 radical (unpaired) electrons. The first-order chi connectivity index (χ1) is 2.89. The highest BCUT2D eigenvalue weighted by Gasteiger charge is 1.79. The topological polar surface area (TPSA) is 33.4 Å². The Labute approximate surface area is 43.3 Å². The second-order valence-electron chi connectivity index (χ2n) is 0.951. The maximum absolute atomic E-state index is 8.31. The van der Waals surface area contributed by atoms with Crippen molar-refractivity contribution in [1.82, 2.24) is 0 Å². The van der Waals surface area contributed by atoms with Crippen molar-refractivity contribution < 1.29 is 9.52 Å². The number of hydrogen-bond acceptors (Lipinski definition) is 2. The molecule has 0 amide bonds. The van der Waals surface area contributed by atoms with E-state index in [4.69, 9.17) is 5.11 Å². The van der Waals surface area contributed by atoms with Crippen molar-refractivity contribution in [2.45, 2.75) is 0 Å². The molecule has 1 heterocycles. The fraction of sp³-hybridized carbons (Fsp3) is 0. The first-order valence-corrected chi connectivity index (χ1v) is 1.62. The van der Waals surface area contributed by atoms with Gasteiger partial charge in [0.25, 0.3) is 5.95 Å². The third-order valence-electron chi connectivity index (χ3n) is 0.506. The second kappa shape index (κ2) is 2.34. The standard InChI is InChI=1S/C4H4O2.B/c5-4-2-1-3-6-4;/h1-3,5H;. The van der Waals surface area contributed by atoms with Gasteiger partial charge in [0, 0.05) is 14.5 Å². The average Bonchev–Trinajstić information content (AvgIpc) is 1.86. The van der Waals surface area contributed by atoms with Gasteiger partial charge < -0.3 is 9.52 Å². The van der Waals surface area contributed by atoms with Gasteiger partial charge in [-0.2, -0.15) is 0 Å². The molecule has 1 aromatic heterocycles. The molecule has 0 fully saturated rings. The van der Waals surface area contributed by atoms with Crippen LogP contribution in [0, 0.1) is 0 Å². The van der Waals surface area contributed by atoms with Crippen LogP contribution in [0.2, 0.25) is 0 Å². The van der Waals surface area contributed by atoms with Crippen LogP contribution in [-0.2, 0) is 0 Å². The molecular weight excluding hydrogens is 90.9 g/mol. The summed E-state index contributed by atoms with van der Waals surface area (Å²) in [5.74, 6) is -0.0324. The van der Waals surface area contributed by atoms with Crippen LogP contribution < -0.4 is 0 Å². The predicted octanol–water partition coefficient (Wildman–Crippen LogP) is 0.604. The lowest BCUT2D eigenvalue weighted by Gasteiger charge is -1.69. The average molecular weight is 94.9 g/mol. The normalized spacial score (nSPS) is 7.43. The van der Waals surface area contributed by atoms with Gasteiger partial charge in [0.1, 0.15) is 0 Å². The van der Waals surface area contributed by atoms with Gasteiger partial charge in [-0.25, -0.2) is 0 Å². The minimum Gasteiger partial charge on any atom is -0.481 e. The van der Waals surface area contributed by atoms with Gasteiger partial charge in [-0.05, 0) is 6.07 Å². The van der Waals surface area contributed by atoms with Crippen LogP contribution in [0.1, 0.15) is 0 Å². The lowest BCUT2D eigenvalue weighted by molar-refractivity contribution is 0.332. The molecule has 1 N–H and O–H groups in total. The number of hydrogen-bond donors (Lipinski definition) is 1. The zero-order chi connectivity index (χ0) is 4.41. The van der Waals surface area contributed by atoms with Gasteiger partial charge in [-0.3, -0.25) is 0 Å². The Morgan fingerprint density at radius 1 is 1.57 bits per heavy atom. The van der Waals surface area contributed by atoms with E-state index in [9.17, 15) is 0 Å². The van der Waals surface area contributed by atoms with Crippen molar-refractivity contribution >= 4 is 8.41 Å². The third kappa shape index (κ3) is 1.35. The number of rotatable bonds is 0. The van der Waals surface area contributed by atoms with Crippen LogP contribution >= 0.6 is 0 Å². The zero-order valence-corrected chi connectivity index (χ0v) is 3.66. The molecule has 0 aliphatic rings. The first kappa shape index (κ1) is 6.14. The van der Waals surface area contributed by atoms with Crippen molar-refractivity contribution in [3.63, 3.8) is 0 Å². The summed E-state index contributed by atoms with van der Waals surface area (Å²) >= 11 is 0. The summed E-state index contributed by atoms with van der Waals surface area (Å²) in [6.45, 7) is 0. The van der Waals surface area contributed by atoms with Gasteiger partial charge in [0.15, 0.2) is 0 Å². The Kier molecular flexibility index (Phi) is 2.05. The Bertz CT molecular complexity index is 113. The molecule has 0 aliphatic heterocycles. The molecule has 0 unspecified atom stereocenters. The van der Waals surface area contributed by atoms with Crippen LogP contribution in [0.3, 0.4) is 0 Å². The van der Waals surface area contributed by atoms with Crippen LogP contribution in [0.4, 0.5) is 0 Å². The lowest BCUT2D eigenvalue weighted by Crippen LogP contribution is -1.40. The van der Waals surface area contributed by atoms with E-state index >= 15 is 0 Å². The molecule has 2 nitrogen and oxygen atoms in total.